The van der Waals surface area contributed by atoms with E-state index in [0.717, 1.165) is 11.6 Å². The van der Waals surface area contributed by atoms with Crippen LogP contribution in [-0.2, 0) is 4.74 Å². The third-order valence-electron chi connectivity index (χ3n) is 4.76. The van der Waals surface area contributed by atoms with Crippen LogP contribution in [-0.4, -0.2) is 41.7 Å². The summed E-state index contributed by atoms with van der Waals surface area (Å²) in [6, 6.07) is 12.2. The van der Waals surface area contributed by atoms with Gasteiger partial charge in [-0.05, 0) is 19.1 Å². The summed E-state index contributed by atoms with van der Waals surface area (Å²) in [4.78, 5) is 23.4. The van der Waals surface area contributed by atoms with Crippen LogP contribution in [0.1, 0.15) is 17.4 Å². The quantitative estimate of drug-likeness (QED) is 0.328. The molecule has 0 saturated heterocycles. The van der Waals surface area contributed by atoms with Crippen molar-refractivity contribution in [2.75, 3.05) is 31.5 Å². The molecule has 0 saturated carbocycles. The van der Waals surface area contributed by atoms with E-state index in [1.54, 1.807) is 37.3 Å². The second-order valence-corrected chi connectivity index (χ2v) is 6.91. The number of halogens is 1. The third kappa shape index (κ3) is 4.79. The number of hydrogen-bond donors (Lipinski definition) is 3. The number of aromatic amines is 1. The number of aromatic nitrogens is 3. The molecule has 0 spiro atoms. The smallest absolute Gasteiger partial charge is 0.354 e. The number of benzene rings is 2. The molecule has 9 nitrogen and oxygen atoms in total. The van der Waals surface area contributed by atoms with E-state index >= 15 is 0 Å². The molecule has 2 aromatic carbocycles. The van der Waals surface area contributed by atoms with Gasteiger partial charge in [-0.1, -0.05) is 12.1 Å². The van der Waals surface area contributed by atoms with Crippen molar-refractivity contribution >= 4 is 40.0 Å². The fourth-order valence-electron chi connectivity index (χ4n) is 3.23. The van der Waals surface area contributed by atoms with Crippen molar-refractivity contribution in [1.82, 2.24) is 15.0 Å². The van der Waals surface area contributed by atoms with Crippen LogP contribution in [0.2, 0.25) is 0 Å². The van der Waals surface area contributed by atoms with Crippen LogP contribution in [0.25, 0.3) is 10.9 Å². The first-order chi connectivity index (χ1) is 16.0. The fraction of sp³-hybridized carbons (Fsp3) is 0.174. The number of fused-ring (bicyclic) bond motifs is 1. The molecule has 4 rings (SSSR count). The second-order valence-electron chi connectivity index (χ2n) is 6.91. The number of esters is 1. The highest BCUT2D eigenvalue weighted by molar-refractivity contribution is 5.99. The topological polar surface area (TPSA) is 110 Å². The molecule has 0 atom stereocenters. The van der Waals surface area contributed by atoms with Gasteiger partial charge in [-0.3, -0.25) is 0 Å². The summed E-state index contributed by atoms with van der Waals surface area (Å²) in [5.74, 6) is 0.131. The SMILES string of the molecule is CCOC(=O)c1cc2cccc(Nc3ncc(F)c(Nc4cc(OC)cc(OC)c4)n3)c2[nH]1. The van der Waals surface area contributed by atoms with Gasteiger partial charge < -0.3 is 29.8 Å². The Balaban J connectivity index is 1.62. The number of anilines is 4. The molecule has 2 aromatic heterocycles. The molecule has 0 aliphatic carbocycles. The maximum atomic E-state index is 14.4. The summed E-state index contributed by atoms with van der Waals surface area (Å²) in [7, 11) is 3.06. The Kier molecular flexibility index (Phi) is 6.25. The number of nitrogens with one attached hydrogen (secondary N) is 3. The number of carbonyl (C=O) groups excluding carboxylic acids is 1. The van der Waals surface area contributed by atoms with Crippen LogP contribution in [0.3, 0.4) is 0 Å². The Morgan fingerprint density at radius 1 is 1.09 bits per heavy atom. The summed E-state index contributed by atoms with van der Waals surface area (Å²) < 4.78 is 30.0. The van der Waals surface area contributed by atoms with Gasteiger partial charge in [-0.25, -0.2) is 14.2 Å². The van der Waals surface area contributed by atoms with Crippen molar-refractivity contribution in [3.05, 3.63) is 60.2 Å². The van der Waals surface area contributed by atoms with Gasteiger partial charge in [0.1, 0.15) is 17.2 Å². The van der Waals surface area contributed by atoms with Gasteiger partial charge in [0.05, 0.1) is 38.2 Å². The predicted octanol–water partition coefficient (Wildman–Crippen LogP) is 4.78. The summed E-state index contributed by atoms with van der Waals surface area (Å²) in [5.41, 5.74) is 2.14. The number of carbonyl (C=O) groups is 1. The van der Waals surface area contributed by atoms with Crippen molar-refractivity contribution < 1.29 is 23.4 Å². The lowest BCUT2D eigenvalue weighted by atomic mass is 10.2. The second kappa shape index (κ2) is 9.43. The zero-order valence-electron chi connectivity index (χ0n) is 18.2. The summed E-state index contributed by atoms with van der Waals surface area (Å²) >= 11 is 0. The van der Waals surface area contributed by atoms with Crippen molar-refractivity contribution in [3.8, 4) is 11.5 Å². The zero-order valence-corrected chi connectivity index (χ0v) is 18.2. The number of nitrogens with zero attached hydrogens (tertiary/aromatic N) is 2. The minimum Gasteiger partial charge on any atom is -0.497 e. The summed E-state index contributed by atoms with van der Waals surface area (Å²) in [6.45, 7) is 2.02. The number of H-pyrrole nitrogens is 1. The van der Waals surface area contributed by atoms with Crippen LogP contribution in [0.15, 0.2) is 48.7 Å². The standard InChI is InChI=1S/C23H22FN5O4/c1-4-33-22(30)19-8-13-6-5-7-18(20(13)27-19)28-23-25-12-17(24)21(29-23)26-14-9-15(31-2)11-16(10-14)32-3/h5-12,27H,4H2,1-3H3,(H2,25,26,28,29). The van der Waals surface area contributed by atoms with Crippen molar-refractivity contribution in [1.29, 1.82) is 0 Å². The molecule has 0 radical (unpaired) electrons. The monoisotopic (exact) mass is 451 g/mol. The minimum atomic E-state index is -0.634. The summed E-state index contributed by atoms with van der Waals surface area (Å²) in [5, 5.41) is 6.79. The molecule has 3 N–H and O–H groups in total. The van der Waals surface area contributed by atoms with Crippen LogP contribution in [0.4, 0.5) is 27.5 Å². The number of para-hydroxylation sites is 1. The molecular weight excluding hydrogens is 429 g/mol. The molecule has 33 heavy (non-hydrogen) atoms. The van der Waals surface area contributed by atoms with Crippen molar-refractivity contribution in [2.24, 2.45) is 0 Å². The van der Waals surface area contributed by atoms with Crippen molar-refractivity contribution in [3.63, 3.8) is 0 Å². The molecule has 0 aliphatic rings. The van der Waals surface area contributed by atoms with Crippen LogP contribution in [0.5, 0.6) is 11.5 Å². The molecular formula is C23H22FN5O4. The number of methoxy groups -OCH3 is 2. The number of hydrogen-bond acceptors (Lipinski definition) is 8. The number of rotatable bonds is 8. The number of ether oxygens (including phenoxy) is 3. The molecule has 0 fully saturated rings. The Morgan fingerprint density at radius 2 is 1.85 bits per heavy atom. The first kappa shape index (κ1) is 21.9. The van der Waals surface area contributed by atoms with E-state index in [1.165, 1.54) is 14.2 Å². The van der Waals surface area contributed by atoms with Gasteiger partial charge in [0.15, 0.2) is 11.6 Å². The van der Waals surface area contributed by atoms with E-state index < -0.39 is 11.8 Å². The maximum Gasteiger partial charge on any atom is 0.354 e. The highest BCUT2D eigenvalue weighted by Gasteiger charge is 2.14. The lowest BCUT2D eigenvalue weighted by molar-refractivity contribution is 0.0520. The van der Waals surface area contributed by atoms with E-state index in [2.05, 4.69) is 25.6 Å². The molecule has 0 aliphatic heterocycles. The van der Waals surface area contributed by atoms with Gasteiger partial charge in [-0.15, -0.1) is 0 Å². The first-order valence-corrected chi connectivity index (χ1v) is 10.1. The van der Waals surface area contributed by atoms with E-state index in [1.807, 2.05) is 12.1 Å². The van der Waals surface area contributed by atoms with Gasteiger partial charge in [0.25, 0.3) is 0 Å². The highest BCUT2D eigenvalue weighted by Crippen LogP contribution is 2.30. The summed E-state index contributed by atoms with van der Waals surface area (Å²) in [6.07, 6.45) is 1.06. The predicted molar refractivity (Wildman–Crippen MR) is 122 cm³/mol. The van der Waals surface area contributed by atoms with E-state index in [-0.39, 0.29) is 18.4 Å². The average molecular weight is 451 g/mol. The van der Waals surface area contributed by atoms with Crippen LogP contribution >= 0.6 is 0 Å². The molecule has 10 heteroatoms. The third-order valence-corrected chi connectivity index (χ3v) is 4.76. The lowest BCUT2D eigenvalue weighted by Crippen LogP contribution is -2.05. The Morgan fingerprint density at radius 3 is 2.55 bits per heavy atom. The first-order valence-electron chi connectivity index (χ1n) is 10.1. The van der Waals surface area contributed by atoms with Gasteiger partial charge in [0.2, 0.25) is 5.95 Å². The van der Waals surface area contributed by atoms with Gasteiger partial charge in [0, 0.05) is 29.3 Å². The molecule has 0 amide bonds. The molecule has 0 bridgehead atoms. The molecule has 170 valence electrons. The normalized spacial score (nSPS) is 10.7. The molecule has 4 aromatic rings. The maximum absolute atomic E-state index is 14.4. The average Bonchev–Trinajstić information content (AvgIpc) is 3.27. The lowest BCUT2D eigenvalue weighted by Gasteiger charge is -2.12. The Bertz CT molecular complexity index is 1290. The Hall–Kier alpha value is -4.34. The van der Waals surface area contributed by atoms with Gasteiger partial charge in [-0.2, -0.15) is 4.98 Å². The zero-order chi connectivity index (χ0) is 23.4. The highest BCUT2D eigenvalue weighted by atomic mass is 19.1. The van der Waals surface area contributed by atoms with Crippen molar-refractivity contribution in [2.45, 2.75) is 6.92 Å². The Labute approximate surface area is 188 Å². The minimum absolute atomic E-state index is 0.0336. The molecule has 2 heterocycles. The van der Waals surface area contributed by atoms with Gasteiger partial charge >= 0.3 is 5.97 Å². The fourth-order valence-corrected chi connectivity index (χ4v) is 3.23. The van der Waals surface area contributed by atoms with E-state index in [0.29, 0.717) is 34.1 Å². The van der Waals surface area contributed by atoms with Crippen LogP contribution in [0, 0.1) is 5.82 Å². The van der Waals surface area contributed by atoms with E-state index in [9.17, 15) is 9.18 Å². The van der Waals surface area contributed by atoms with E-state index in [4.69, 9.17) is 14.2 Å². The largest absolute Gasteiger partial charge is 0.497 e. The van der Waals surface area contributed by atoms with Crippen LogP contribution < -0.4 is 20.1 Å². The molecule has 0 unspecified atom stereocenters.